The van der Waals surface area contributed by atoms with Crippen molar-refractivity contribution in [3.8, 4) is 0 Å². The number of likely N-dealkylation sites (N-methyl/N-ethyl adjacent to an activating group) is 1. The van der Waals surface area contributed by atoms with E-state index >= 15 is 0 Å². The standard InChI is InChI=1S/C16H21N3O2/c1-18-7-9-19(10-8-18)16(21)13-3-2-4-14(11-13)17-15(20)12-5-6-12/h2-4,11-12H,5-10H2,1H3,(H,17,20). The highest BCUT2D eigenvalue weighted by Gasteiger charge is 2.29. The molecule has 0 atom stereocenters. The largest absolute Gasteiger partial charge is 0.336 e. The van der Waals surface area contributed by atoms with E-state index in [2.05, 4.69) is 17.3 Å². The van der Waals surface area contributed by atoms with Gasteiger partial charge in [-0.25, -0.2) is 0 Å². The van der Waals surface area contributed by atoms with Crippen LogP contribution >= 0.6 is 0 Å². The summed E-state index contributed by atoms with van der Waals surface area (Å²) in [6.07, 6.45) is 1.96. The van der Waals surface area contributed by atoms with Gasteiger partial charge >= 0.3 is 0 Å². The van der Waals surface area contributed by atoms with E-state index < -0.39 is 0 Å². The van der Waals surface area contributed by atoms with Gasteiger partial charge in [-0.3, -0.25) is 9.59 Å². The Labute approximate surface area is 124 Å². The molecular weight excluding hydrogens is 266 g/mol. The maximum atomic E-state index is 12.5. The van der Waals surface area contributed by atoms with Crippen molar-refractivity contribution >= 4 is 17.5 Å². The molecule has 0 radical (unpaired) electrons. The summed E-state index contributed by atoms with van der Waals surface area (Å²) in [5, 5.41) is 2.89. The maximum absolute atomic E-state index is 12.5. The summed E-state index contributed by atoms with van der Waals surface area (Å²) in [6.45, 7) is 3.33. The summed E-state index contributed by atoms with van der Waals surface area (Å²) in [5.74, 6) is 0.284. The van der Waals surface area contributed by atoms with Crippen LogP contribution < -0.4 is 5.32 Å². The molecule has 1 aliphatic carbocycles. The fraction of sp³-hybridized carbons (Fsp3) is 0.500. The molecule has 0 aromatic heterocycles. The first-order valence-electron chi connectivity index (χ1n) is 7.52. The number of piperazine rings is 1. The molecule has 1 saturated carbocycles. The fourth-order valence-corrected chi connectivity index (χ4v) is 2.51. The van der Waals surface area contributed by atoms with Gasteiger partial charge in [0.05, 0.1) is 0 Å². The van der Waals surface area contributed by atoms with Crippen molar-refractivity contribution in [1.82, 2.24) is 9.80 Å². The van der Waals surface area contributed by atoms with E-state index in [1.54, 1.807) is 6.07 Å². The van der Waals surface area contributed by atoms with Crippen LogP contribution in [0, 0.1) is 5.92 Å². The van der Waals surface area contributed by atoms with E-state index in [-0.39, 0.29) is 17.7 Å². The molecule has 5 heteroatoms. The Bertz CT molecular complexity index is 546. The minimum absolute atomic E-state index is 0.0469. The summed E-state index contributed by atoms with van der Waals surface area (Å²) in [4.78, 5) is 28.4. The minimum atomic E-state index is 0.0469. The highest BCUT2D eigenvalue weighted by molar-refractivity contribution is 5.98. The molecule has 0 bridgehead atoms. The van der Waals surface area contributed by atoms with Crippen molar-refractivity contribution < 1.29 is 9.59 Å². The van der Waals surface area contributed by atoms with Crippen LogP contribution in [0.3, 0.4) is 0 Å². The van der Waals surface area contributed by atoms with Gasteiger partial charge in [0, 0.05) is 43.3 Å². The molecule has 0 unspecified atom stereocenters. The molecule has 1 heterocycles. The number of hydrogen-bond donors (Lipinski definition) is 1. The third-order valence-electron chi connectivity index (χ3n) is 4.12. The molecule has 1 aliphatic heterocycles. The molecule has 21 heavy (non-hydrogen) atoms. The van der Waals surface area contributed by atoms with Crippen LogP contribution in [0.25, 0.3) is 0 Å². The Balaban J connectivity index is 1.67. The van der Waals surface area contributed by atoms with Crippen molar-refractivity contribution in [3.63, 3.8) is 0 Å². The van der Waals surface area contributed by atoms with Crippen LogP contribution in [-0.2, 0) is 4.79 Å². The average molecular weight is 287 g/mol. The molecule has 2 aliphatic rings. The van der Waals surface area contributed by atoms with E-state index in [9.17, 15) is 9.59 Å². The lowest BCUT2D eigenvalue weighted by Crippen LogP contribution is -2.47. The van der Waals surface area contributed by atoms with Gasteiger partial charge in [-0.1, -0.05) is 6.07 Å². The molecule has 1 saturated heterocycles. The van der Waals surface area contributed by atoms with E-state index in [1.807, 2.05) is 23.1 Å². The van der Waals surface area contributed by atoms with Gasteiger partial charge < -0.3 is 15.1 Å². The summed E-state index contributed by atoms with van der Waals surface area (Å²) < 4.78 is 0. The van der Waals surface area contributed by atoms with Crippen LogP contribution in [0.5, 0.6) is 0 Å². The van der Waals surface area contributed by atoms with E-state index in [0.29, 0.717) is 11.3 Å². The molecule has 2 fully saturated rings. The first kappa shape index (κ1) is 14.1. The number of amides is 2. The van der Waals surface area contributed by atoms with Gasteiger partial charge in [0.2, 0.25) is 5.91 Å². The molecule has 3 rings (SSSR count). The van der Waals surface area contributed by atoms with Crippen LogP contribution in [0.15, 0.2) is 24.3 Å². The third kappa shape index (κ3) is 3.42. The first-order valence-corrected chi connectivity index (χ1v) is 7.52. The second-order valence-electron chi connectivity index (χ2n) is 5.94. The number of benzene rings is 1. The second kappa shape index (κ2) is 5.85. The van der Waals surface area contributed by atoms with E-state index in [4.69, 9.17) is 0 Å². The third-order valence-corrected chi connectivity index (χ3v) is 4.12. The average Bonchev–Trinajstić information content (AvgIpc) is 3.32. The Morgan fingerprint density at radius 2 is 1.86 bits per heavy atom. The highest BCUT2D eigenvalue weighted by Crippen LogP contribution is 2.30. The topological polar surface area (TPSA) is 52.6 Å². The highest BCUT2D eigenvalue weighted by atomic mass is 16.2. The molecule has 1 aromatic rings. The maximum Gasteiger partial charge on any atom is 0.254 e. The van der Waals surface area contributed by atoms with Crippen LogP contribution in [0.1, 0.15) is 23.2 Å². The van der Waals surface area contributed by atoms with Crippen LogP contribution in [0.2, 0.25) is 0 Å². The second-order valence-corrected chi connectivity index (χ2v) is 5.94. The van der Waals surface area contributed by atoms with Crippen LogP contribution in [0.4, 0.5) is 5.69 Å². The number of nitrogens with one attached hydrogen (secondary N) is 1. The lowest BCUT2D eigenvalue weighted by Gasteiger charge is -2.32. The van der Waals surface area contributed by atoms with Crippen molar-refractivity contribution in [1.29, 1.82) is 0 Å². The quantitative estimate of drug-likeness (QED) is 0.915. The molecule has 0 spiro atoms. The Hall–Kier alpha value is -1.88. The lowest BCUT2D eigenvalue weighted by molar-refractivity contribution is -0.117. The van der Waals surface area contributed by atoms with Gasteiger partial charge in [-0.15, -0.1) is 0 Å². The van der Waals surface area contributed by atoms with Crippen molar-refractivity contribution in [3.05, 3.63) is 29.8 Å². The molecule has 112 valence electrons. The molecular formula is C16H21N3O2. The van der Waals surface area contributed by atoms with Gasteiger partial charge in [-0.05, 0) is 38.1 Å². The van der Waals surface area contributed by atoms with E-state index in [1.165, 1.54) is 0 Å². The Morgan fingerprint density at radius 1 is 1.14 bits per heavy atom. The molecule has 5 nitrogen and oxygen atoms in total. The fourth-order valence-electron chi connectivity index (χ4n) is 2.51. The number of hydrogen-bond acceptors (Lipinski definition) is 3. The number of anilines is 1. The van der Waals surface area contributed by atoms with Gasteiger partial charge in [0.15, 0.2) is 0 Å². The predicted octanol–water partition coefficient (Wildman–Crippen LogP) is 1.42. The monoisotopic (exact) mass is 287 g/mol. The summed E-state index contributed by atoms with van der Waals surface area (Å²) in [7, 11) is 2.07. The number of carbonyl (C=O) groups is 2. The first-order chi connectivity index (χ1) is 10.1. The van der Waals surface area contributed by atoms with Gasteiger partial charge in [0.25, 0.3) is 5.91 Å². The van der Waals surface area contributed by atoms with Gasteiger partial charge in [0.1, 0.15) is 0 Å². The molecule has 1 aromatic carbocycles. The van der Waals surface area contributed by atoms with Crippen molar-refractivity contribution in [2.45, 2.75) is 12.8 Å². The normalized spacial score (nSPS) is 19.4. The SMILES string of the molecule is CN1CCN(C(=O)c2cccc(NC(=O)C3CC3)c2)CC1. The molecule has 1 N–H and O–H groups in total. The van der Waals surface area contributed by atoms with Crippen molar-refractivity contribution in [2.24, 2.45) is 5.92 Å². The predicted molar refractivity (Wildman–Crippen MR) is 81.2 cm³/mol. The minimum Gasteiger partial charge on any atom is -0.336 e. The molecule has 2 amide bonds. The zero-order chi connectivity index (χ0) is 14.8. The number of nitrogens with zero attached hydrogens (tertiary/aromatic N) is 2. The smallest absolute Gasteiger partial charge is 0.254 e. The number of rotatable bonds is 3. The van der Waals surface area contributed by atoms with Crippen LogP contribution in [-0.4, -0.2) is 54.8 Å². The van der Waals surface area contributed by atoms with Crippen molar-refractivity contribution in [2.75, 3.05) is 38.5 Å². The summed E-state index contributed by atoms with van der Waals surface area (Å²) in [6, 6.07) is 7.25. The Morgan fingerprint density at radius 3 is 2.52 bits per heavy atom. The van der Waals surface area contributed by atoms with E-state index in [0.717, 1.165) is 39.0 Å². The number of carbonyl (C=O) groups excluding carboxylic acids is 2. The zero-order valence-electron chi connectivity index (χ0n) is 12.3. The zero-order valence-corrected chi connectivity index (χ0v) is 12.3. The summed E-state index contributed by atoms with van der Waals surface area (Å²) in [5.41, 5.74) is 1.36. The lowest BCUT2D eigenvalue weighted by atomic mass is 10.1. The van der Waals surface area contributed by atoms with Gasteiger partial charge in [-0.2, -0.15) is 0 Å². The summed E-state index contributed by atoms with van der Waals surface area (Å²) >= 11 is 0. The Kier molecular flexibility index (Phi) is 3.92.